The van der Waals surface area contributed by atoms with Crippen LogP contribution in [0.5, 0.6) is 5.75 Å². The number of hydrogen-bond acceptors (Lipinski definition) is 3. The predicted octanol–water partition coefficient (Wildman–Crippen LogP) is 2.47. The van der Waals surface area contributed by atoms with Gasteiger partial charge in [0.2, 0.25) is 0 Å². The van der Waals surface area contributed by atoms with Gasteiger partial charge in [-0.05, 0) is 42.9 Å². The molecule has 3 heteroatoms. The van der Waals surface area contributed by atoms with Gasteiger partial charge in [-0.1, -0.05) is 19.1 Å². The molecule has 3 atom stereocenters. The second-order valence-corrected chi connectivity index (χ2v) is 5.34. The third-order valence-electron chi connectivity index (χ3n) is 3.89. The maximum Gasteiger partial charge on any atom is 0.118 e. The molecule has 100 valence electrons. The van der Waals surface area contributed by atoms with Crippen LogP contribution in [0.4, 0.5) is 0 Å². The van der Waals surface area contributed by atoms with Crippen LogP contribution in [0.25, 0.3) is 0 Å². The molecule has 1 aromatic rings. The summed E-state index contributed by atoms with van der Waals surface area (Å²) in [6.45, 7) is 2.96. The predicted molar refractivity (Wildman–Crippen MR) is 74.7 cm³/mol. The van der Waals surface area contributed by atoms with E-state index >= 15 is 0 Å². The van der Waals surface area contributed by atoms with E-state index in [0.717, 1.165) is 11.7 Å². The largest absolute Gasteiger partial charge is 0.497 e. The molecule has 1 aromatic carbocycles. The summed E-state index contributed by atoms with van der Waals surface area (Å²) in [5.41, 5.74) is 7.14. The highest BCUT2D eigenvalue weighted by atomic mass is 16.5. The Morgan fingerprint density at radius 3 is 2.56 bits per heavy atom. The van der Waals surface area contributed by atoms with E-state index < -0.39 is 0 Å². The fourth-order valence-electron chi connectivity index (χ4n) is 2.78. The van der Waals surface area contributed by atoms with Gasteiger partial charge in [-0.3, -0.25) is 0 Å². The average Bonchev–Trinajstić information content (AvgIpc) is 2.82. The number of hydrogen-bond donors (Lipinski definition) is 2. The molecule has 3 unspecified atom stereocenters. The molecule has 1 fully saturated rings. The second-order valence-electron chi connectivity index (χ2n) is 5.34. The summed E-state index contributed by atoms with van der Waals surface area (Å²) < 4.78 is 5.18. The molecule has 1 aliphatic carbocycles. The third-order valence-corrected chi connectivity index (χ3v) is 3.89. The Kier molecular flexibility index (Phi) is 4.61. The van der Waals surface area contributed by atoms with Crippen LogP contribution in [0.2, 0.25) is 0 Å². The lowest BCUT2D eigenvalue weighted by molar-refractivity contribution is 0.412. The van der Waals surface area contributed by atoms with Crippen molar-refractivity contribution in [3.05, 3.63) is 29.8 Å². The first kappa shape index (κ1) is 13.4. The number of ether oxygens (including phenoxy) is 1. The highest BCUT2D eigenvalue weighted by Gasteiger charge is 2.23. The molecule has 18 heavy (non-hydrogen) atoms. The Bertz CT molecular complexity index is 363. The molecule has 3 N–H and O–H groups in total. The van der Waals surface area contributed by atoms with Crippen LogP contribution in [0.3, 0.4) is 0 Å². The van der Waals surface area contributed by atoms with E-state index in [4.69, 9.17) is 10.5 Å². The Balaban J connectivity index is 1.98. The topological polar surface area (TPSA) is 47.3 Å². The SMILES string of the molecule is COc1ccc(C(CN)NC2CCC(C)C2)cc1. The molecule has 1 saturated carbocycles. The number of benzene rings is 1. The van der Waals surface area contributed by atoms with E-state index in [2.05, 4.69) is 24.4 Å². The summed E-state index contributed by atoms with van der Waals surface area (Å²) >= 11 is 0. The van der Waals surface area contributed by atoms with Crippen molar-refractivity contribution in [3.8, 4) is 5.75 Å². The second kappa shape index (κ2) is 6.21. The zero-order valence-corrected chi connectivity index (χ0v) is 11.4. The van der Waals surface area contributed by atoms with E-state index in [-0.39, 0.29) is 6.04 Å². The molecule has 0 amide bonds. The van der Waals surface area contributed by atoms with Gasteiger partial charge < -0.3 is 15.8 Å². The summed E-state index contributed by atoms with van der Waals surface area (Å²) in [5, 5.41) is 3.68. The van der Waals surface area contributed by atoms with Gasteiger partial charge in [0.25, 0.3) is 0 Å². The average molecular weight is 248 g/mol. The van der Waals surface area contributed by atoms with Crippen LogP contribution in [0, 0.1) is 5.92 Å². The maximum absolute atomic E-state index is 5.89. The highest BCUT2D eigenvalue weighted by Crippen LogP contribution is 2.27. The van der Waals surface area contributed by atoms with E-state index in [9.17, 15) is 0 Å². The van der Waals surface area contributed by atoms with E-state index in [1.165, 1.54) is 24.8 Å². The van der Waals surface area contributed by atoms with Crippen molar-refractivity contribution in [1.29, 1.82) is 0 Å². The summed E-state index contributed by atoms with van der Waals surface area (Å²) in [6, 6.07) is 9.07. The van der Waals surface area contributed by atoms with Gasteiger partial charge in [0, 0.05) is 18.6 Å². The summed E-state index contributed by atoms with van der Waals surface area (Å²) in [6.07, 6.45) is 3.87. The number of rotatable bonds is 5. The third kappa shape index (κ3) is 3.24. The van der Waals surface area contributed by atoms with Gasteiger partial charge in [0.05, 0.1) is 7.11 Å². The van der Waals surface area contributed by atoms with Gasteiger partial charge >= 0.3 is 0 Å². The quantitative estimate of drug-likeness (QED) is 0.841. The van der Waals surface area contributed by atoms with Crippen LogP contribution in [-0.4, -0.2) is 19.7 Å². The van der Waals surface area contributed by atoms with Gasteiger partial charge in [-0.25, -0.2) is 0 Å². The first-order chi connectivity index (χ1) is 8.72. The Morgan fingerprint density at radius 1 is 1.33 bits per heavy atom. The minimum atomic E-state index is 0.256. The van der Waals surface area contributed by atoms with Crippen molar-refractivity contribution >= 4 is 0 Å². The van der Waals surface area contributed by atoms with Crippen molar-refractivity contribution in [1.82, 2.24) is 5.32 Å². The summed E-state index contributed by atoms with van der Waals surface area (Å²) in [4.78, 5) is 0. The van der Waals surface area contributed by atoms with Crippen molar-refractivity contribution in [3.63, 3.8) is 0 Å². The molecule has 0 saturated heterocycles. The van der Waals surface area contributed by atoms with E-state index in [1.807, 2.05) is 12.1 Å². The Labute approximate surface area is 110 Å². The van der Waals surface area contributed by atoms with Crippen LogP contribution in [0.1, 0.15) is 37.8 Å². The van der Waals surface area contributed by atoms with Gasteiger partial charge in [-0.15, -0.1) is 0 Å². The lowest BCUT2D eigenvalue weighted by Gasteiger charge is -2.22. The molecule has 0 aromatic heterocycles. The molecule has 1 aliphatic rings. The fourth-order valence-corrected chi connectivity index (χ4v) is 2.78. The zero-order chi connectivity index (χ0) is 13.0. The van der Waals surface area contributed by atoms with Crippen molar-refractivity contribution in [2.24, 2.45) is 11.7 Å². The summed E-state index contributed by atoms with van der Waals surface area (Å²) in [5.74, 6) is 1.74. The molecular formula is C15H24N2O. The van der Waals surface area contributed by atoms with Crippen LogP contribution in [-0.2, 0) is 0 Å². The highest BCUT2D eigenvalue weighted by molar-refractivity contribution is 5.29. The number of nitrogens with one attached hydrogen (secondary N) is 1. The molecule has 3 nitrogen and oxygen atoms in total. The van der Waals surface area contributed by atoms with Gasteiger partial charge in [0.1, 0.15) is 5.75 Å². The molecule has 0 radical (unpaired) electrons. The molecule has 0 heterocycles. The minimum Gasteiger partial charge on any atom is -0.497 e. The smallest absolute Gasteiger partial charge is 0.118 e. The lowest BCUT2D eigenvalue weighted by Crippen LogP contribution is -2.35. The van der Waals surface area contributed by atoms with Crippen LogP contribution in [0.15, 0.2) is 24.3 Å². The van der Waals surface area contributed by atoms with Crippen LogP contribution < -0.4 is 15.8 Å². The monoisotopic (exact) mass is 248 g/mol. The Hall–Kier alpha value is -1.06. The maximum atomic E-state index is 5.89. The molecule has 0 spiro atoms. The lowest BCUT2D eigenvalue weighted by atomic mass is 10.0. The normalized spacial score (nSPS) is 25.1. The standard InChI is InChI=1S/C15H24N2O/c1-11-3-6-13(9-11)17-15(10-16)12-4-7-14(18-2)8-5-12/h4-5,7-8,11,13,15,17H,3,6,9-10,16H2,1-2H3. The molecule has 2 rings (SSSR count). The summed E-state index contributed by atoms with van der Waals surface area (Å²) in [7, 11) is 1.69. The molecule has 0 aliphatic heterocycles. The fraction of sp³-hybridized carbons (Fsp3) is 0.600. The number of nitrogens with two attached hydrogens (primary N) is 1. The minimum absolute atomic E-state index is 0.256. The van der Waals surface area contributed by atoms with Crippen molar-refractivity contribution in [2.75, 3.05) is 13.7 Å². The zero-order valence-electron chi connectivity index (χ0n) is 11.4. The first-order valence-corrected chi connectivity index (χ1v) is 6.83. The van der Waals surface area contributed by atoms with Crippen LogP contribution >= 0.6 is 0 Å². The van der Waals surface area contributed by atoms with E-state index in [0.29, 0.717) is 12.6 Å². The van der Waals surface area contributed by atoms with Crippen molar-refractivity contribution < 1.29 is 4.74 Å². The number of methoxy groups -OCH3 is 1. The van der Waals surface area contributed by atoms with Gasteiger partial charge in [-0.2, -0.15) is 0 Å². The van der Waals surface area contributed by atoms with E-state index in [1.54, 1.807) is 7.11 Å². The molecular weight excluding hydrogens is 224 g/mol. The van der Waals surface area contributed by atoms with Gasteiger partial charge in [0.15, 0.2) is 0 Å². The Morgan fingerprint density at radius 2 is 2.06 bits per heavy atom. The first-order valence-electron chi connectivity index (χ1n) is 6.83. The van der Waals surface area contributed by atoms with Crippen molar-refractivity contribution in [2.45, 2.75) is 38.3 Å². The molecule has 0 bridgehead atoms.